The van der Waals surface area contributed by atoms with E-state index in [1.165, 1.54) is 12.0 Å². The molecule has 2 rings (SSSR count). The van der Waals surface area contributed by atoms with Crippen LogP contribution in [0, 0.1) is 5.41 Å². The summed E-state index contributed by atoms with van der Waals surface area (Å²) in [5, 5.41) is 0. The molecule has 1 fully saturated rings. The van der Waals surface area contributed by atoms with Crippen molar-refractivity contribution in [3.05, 3.63) is 35.9 Å². The van der Waals surface area contributed by atoms with Crippen molar-refractivity contribution in [1.82, 2.24) is 4.90 Å². The molecule has 2 atom stereocenters. The summed E-state index contributed by atoms with van der Waals surface area (Å²) in [6, 6.07) is 8.41. The van der Waals surface area contributed by atoms with E-state index in [9.17, 15) is 14.4 Å². The third kappa shape index (κ3) is 4.97. The summed E-state index contributed by atoms with van der Waals surface area (Å²) in [5.41, 5.74) is 0.182. The van der Waals surface area contributed by atoms with E-state index in [1.54, 1.807) is 20.8 Å². The van der Waals surface area contributed by atoms with Gasteiger partial charge in [0.05, 0.1) is 19.1 Å². The number of benzene rings is 1. The highest BCUT2D eigenvalue weighted by Crippen LogP contribution is 2.26. The van der Waals surface area contributed by atoms with Gasteiger partial charge in [0, 0.05) is 6.42 Å². The maximum Gasteiger partial charge on any atom is 0.410 e. The lowest BCUT2D eigenvalue weighted by atomic mass is 9.97. The number of methoxy groups -OCH3 is 1. The first-order valence-corrected chi connectivity index (χ1v) is 8.48. The average Bonchev–Trinajstić information content (AvgIpc) is 3.03. The van der Waals surface area contributed by atoms with E-state index in [4.69, 9.17) is 14.2 Å². The van der Waals surface area contributed by atoms with Crippen LogP contribution in [0.1, 0.15) is 32.8 Å². The Balaban J connectivity index is 2.02. The molecular formula is C19H25NO6. The van der Waals surface area contributed by atoms with Gasteiger partial charge in [-0.3, -0.25) is 9.69 Å². The summed E-state index contributed by atoms with van der Waals surface area (Å²) in [6.07, 6.45) is -1.04. The molecule has 0 spiro atoms. The third-order valence-electron chi connectivity index (χ3n) is 4.05. The molecule has 142 valence electrons. The monoisotopic (exact) mass is 363 g/mol. The maximum atomic E-state index is 12.5. The number of ether oxygens (including phenoxy) is 3. The van der Waals surface area contributed by atoms with Gasteiger partial charge in [0.2, 0.25) is 0 Å². The van der Waals surface area contributed by atoms with Crippen LogP contribution in [0.25, 0.3) is 0 Å². The fourth-order valence-corrected chi connectivity index (χ4v) is 2.58. The van der Waals surface area contributed by atoms with Crippen molar-refractivity contribution >= 4 is 18.0 Å². The third-order valence-corrected chi connectivity index (χ3v) is 4.05. The highest BCUT2D eigenvalue weighted by atomic mass is 16.6. The van der Waals surface area contributed by atoms with Gasteiger partial charge in [-0.05, 0) is 26.3 Å². The minimum Gasteiger partial charge on any atom is -0.460 e. The Morgan fingerprint density at radius 2 is 1.81 bits per heavy atom. The predicted octanol–water partition coefficient (Wildman–Crippen LogP) is 2.53. The predicted molar refractivity (Wildman–Crippen MR) is 93.1 cm³/mol. The highest BCUT2D eigenvalue weighted by Gasteiger charge is 2.43. The Morgan fingerprint density at radius 1 is 1.15 bits per heavy atom. The Kier molecular flexibility index (Phi) is 6.23. The van der Waals surface area contributed by atoms with Gasteiger partial charge in [-0.15, -0.1) is 0 Å². The average molecular weight is 363 g/mol. The molecular weight excluding hydrogens is 338 g/mol. The van der Waals surface area contributed by atoms with Gasteiger partial charge in [0.1, 0.15) is 18.8 Å². The first kappa shape index (κ1) is 19.8. The van der Waals surface area contributed by atoms with Crippen molar-refractivity contribution in [3.63, 3.8) is 0 Å². The normalized spacial score (nSPS) is 19.8. The molecule has 0 N–H and O–H groups in total. The number of hydrogen-bond donors (Lipinski definition) is 0. The largest absolute Gasteiger partial charge is 0.460 e. The van der Waals surface area contributed by atoms with Crippen molar-refractivity contribution in [1.29, 1.82) is 0 Å². The smallest absolute Gasteiger partial charge is 0.410 e. The molecule has 1 heterocycles. The summed E-state index contributed by atoms with van der Waals surface area (Å²) in [6.45, 7) is 5.44. The van der Waals surface area contributed by atoms with Crippen LogP contribution in [-0.2, 0) is 30.4 Å². The number of hydrogen-bond acceptors (Lipinski definition) is 6. The van der Waals surface area contributed by atoms with E-state index in [0.29, 0.717) is 0 Å². The van der Waals surface area contributed by atoms with E-state index >= 15 is 0 Å². The van der Waals surface area contributed by atoms with Gasteiger partial charge in [-0.2, -0.15) is 0 Å². The number of esters is 2. The van der Waals surface area contributed by atoms with Gasteiger partial charge in [0.25, 0.3) is 0 Å². The standard InChI is InChI=1S/C19H25NO6/c1-19(2,3)17(22)26-14-10-15(20(11-14)18(23)24-4)16(21)25-12-13-8-6-5-7-9-13/h5-9,14-15H,10-12H2,1-4H3/t14-,15+/m1/s1. The molecule has 7 heteroatoms. The van der Waals surface area contributed by atoms with Crippen molar-refractivity contribution in [2.75, 3.05) is 13.7 Å². The van der Waals surface area contributed by atoms with E-state index in [-0.39, 0.29) is 25.5 Å². The van der Waals surface area contributed by atoms with Crippen molar-refractivity contribution in [2.24, 2.45) is 5.41 Å². The van der Waals surface area contributed by atoms with E-state index < -0.39 is 29.6 Å². The molecule has 0 radical (unpaired) electrons. The molecule has 26 heavy (non-hydrogen) atoms. The lowest BCUT2D eigenvalue weighted by molar-refractivity contribution is -0.158. The van der Waals surface area contributed by atoms with Crippen LogP contribution in [0.5, 0.6) is 0 Å². The minimum atomic E-state index is -0.844. The molecule has 0 aliphatic carbocycles. The van der Waals surface area contributed by atoms with Crippen molar-refractivity contribution in [3.8, 4) is 0 Å². The van der Waals surface area contributed by atoms with Gasteiger partial charge < -0.3 is 14.2 Å². The summed E-state index contributed by atoms with van der Waals surface area (Å²) < 4.78 is 15.5. The van der Waals surface area contributed by atoms with E-state index in [1.807, 2.05) is 30.3 Å². The number of rotatable bonds is 4. The Bertz CT molecular complexity index is 652. The molecule has 1 saturated heterocycles. The number of amides is 1. The van der Waals surface area contributed by atoms with Crippen LogP contribution >= 0.6 is 0 Å². The molecule has 0 bridgehead atoms. The first-order chi connectivity index (χ1) is 12.2. The quantitative estimate of drug-likeness (QED) is 0.604. The molecule has 1 aromatic carbocycles. The minimum absolute atomic E-state index is 0.0968. The SMILES string of the molecule is COC(=O)N1C[C@H](OC(=O)C(C)(C)C)C[C@H]1C(=O)OCc1ccccc1. The second-order valence-corrected chi connectivity index (χ2v) is 7.24. The zero-order valence-electron chi connectivity index (χ0n) is 15.6. The number of likely N-dealkylation sites (tertiary alicyclic amines) is 1. The Morgan fingerprint density at radius 3 is 2.38 bits per heavy atom. The van der Waals surface area contributed by atoms with Crippen LogP contribution < -0.4 is 0 Å². The second kappa shape index (κ2) is 8.21. The zero-order valence-corrected chi connectivity index (χ0v) is 15.6. The highest BCUT2D eigenvalue weighted by molar-refractivity contribution is 5.82. The molecule has 0 saturated carbocycles. The Labute approximate surface area is 153 Å². The second-order valence-electron chi connectivity index (χ2n) is 7.24. The lowest BCUT2D eigenvalue weighted by Gasteiger charge is -2.21. The summed E-state index contributed by atoms with van der Waals surface area (Å²) in [7, 11) is 1.24. The number of carbonyl (C=O) groups is 3. The molecule has 1 aromatic rings. The number of nitrogens with zero attached hydrogens (tertiary/aromatic N) is 1. The fourth-order valence-electron chi connectivity index (χ4n) is 2.58. The van der Waals surface area contributed by atoms with Crippen LogP contribution in [0.3, 0.4) is 0 Å². The fraction of sp³-hybridized carbons (Fsp3) is 0.526. The van der Waals surface area contributed by atoms with Crippen molar-refractivity contribution in [2.45, 2.75) is 45.9 Å². The van der Waals surface area contributed by atoms with Crippen LogP contribution in [-0.4, -0.2) is 48.7 Å². The van der Waals surface area contributed by atoms with Crippen molar-refractivity contribution < 1.29 is 28.6 Å². The summed E-state index contributed by atoms with van der Waals surface area (Å²) in [5.74, 6) is -0.931. The molecule has 7 nitrogen and oxygen atoms in total. The van der Waals surface area contributed by atoms with Gasteiger partial charge in [-0.25, -0.2) is 9.59 Å². The van der Waals surface area contributed by atoms with Crippen LogP contribution in [0.4, 0.5) is 4.79 Å². The van der Waals surface area contributed by atoms with Gasteiger partial charge in [-0.1, -0.05) is 30.3 Å². The van der Waals surface area contributed by atoms with E-state index in [2.05, 4.69) is 0 Å². The van der Waals surface area contributed by atoms with E-state index in [0.717, 1.165) is 5.56 Å². The maximum absolute atomic E-state index is 12.5. The molecule has 1 aliphatic heterocycles. The first-order valence-electron chi connectivity index (χ1n) is 8.48. The summed E-state index contributed by atoms with van der Waals surface area (Å²) in [4.78, 5) is 37.8. The summed E-state index contributed by atoms with van der Waals surface area (Å²) >= 11 is 0. The molecule has 0 aromatic heterocycles. The Hall–Kier alpha value is -2.57. The van der Waals surface area contributed by atoms with Gasteiger partial charge in [0.15, 0.2) is 0 Å². The zero-order chi connectivity index (χ0) is 19.3. The van der Waals surface area contributed by atoms with Crippen LogP contribution in [0.15, 0.2) is 30.3 Å². The topological polar surface area (TPSA) is 82.1 Å². The molecule has 1 aliphatic rings. The number of carbonyl (C=O) groups excluding carboxylic acids is 3. The lowest BCUT2D eigenvalue weighted by Crippen LogP contribution is -2.41. The van der Waals surface area contributed by atoms with Crippen LogP contribution in [0.2, 0.25) is 0 Å². The molecule has 0 unspecified atom stereocenters. The molecule has 1 amide bonds. The van der Waals surface area contributed by atoms with Gasteiger partial charge >= 0.3 is 18.0 Å².